The van der Waals surface area contributed by atoms with Crippen LogP contribution in [0.1, 0.15) is 25.3 Å². The molecule has 0 amide bonds. The average molecular weight is 209 g/mol. The lowest BCUT2D eigenvalue weighted by Crippen LogP contribution is -1.83. The molecule has 0 aliphatic carbocycles. The predicted octanol–water partition coefficient (Wildman–Crippen LogP) is 3.58. The van der Waals surface area contributed by atoms with Gasteiger partial charge in [-0.25, -0.2) is 0 Å². The summed E-state index contributed by atoms with van der Waals surface area (Å²) in [5.74, 6) is 6.36. The van der Waals surface area contributed by atoms with Crippen LogP contribution in [0, 0.1) is 11.8 Å². The van der Waals surface area contributed by atoms with Crippen LogP contribution >= 0.6 is 0 Å². The smallest absolute Gasteiger partial charge is 0.0702 e. The molecule has 0 saturated heterocycles. The Morgan fingerprint density at radius 1 is 1.19 bits per heavy atom. The fraction of sp³-hybridized carbons (Fsp3) is 0.267. The van der Waals surface area contributed by atoms with Crippen LogP contribution in [-0.2, 0) is 6.42 Å². The van der Waals surface area contributed by atoms with E-state index in [1.807, 2.05) is 12.3 Å². The van der Waals surface area contributed by atoms with Crippen molar-refractivity contribution in [1.82, 2.24) is 4.98 Å². The third-order valence-corrected chi connectivity index (χ3v) is 2.46. The number of unbranched alkanes of at least 4 members (excludes halogenated alkanes) is 1. The summed E-state index contributed by atoms with van der Waals surface area (Å²) in [7, 11) is 0. The SMILES string of the molecule is CCCC#CCc1ccc2ncccc2c1. The minimum Gasteiger partial charge on any atom is -0.256 e. The first-order chi connectivity index (χ1) is 7.90. The molecular weight excluding hydrogens is 194 g/mol. The zero-order valence-electron chi connectivity index (χ0n) is 9.53. The van der Waals surface area contributed by atoms with Gasteiger partial charge in [0.1, 0.15) is 0 Å². The largest absolute Gasteiger partial charge is 0.256 e. The van der Waals surface area contributed by atoms with Crippen LogP contribution in [0.15, 0.2) is 36.5 Å². The third-order valence-electron chi connectivity index (χ3n) is 2.46. The minimum atomic E-state index is 0.838. The second kappa shape index (κ2) is 5.32. The molecule has 0 N–H and O–H groups in total. The topological polar surface area (TPSA) is 12.9 Å². The maximum atomic E-state index is 4.30. The van der Waals surface area contributed by atoms with E-state index in [0.717, 1.165) is 24.8 Å². The van der Waals surface area contributed by atoms with Crippen molar-refractivity contribution in [3.8, 4) is 11.8 Å². The van der Waals surface area contributed by atoms with Crippen molar-refractivity contribution in [2.75, 3.05) is 0 Å². The van der Waals surface area contributed by atoms with Crippen molar-refractivity contribution in [3.63, 3.8) is 0 Å². The molecular formula is C15H15N. The molecule has 0 atom stereocenters. The van der Waals surface area contributed by atoms with E-state index in [0.29, 0.717) is 0 Å². The van der Waals surface area contributed by atoms with Crippen LogP contribution in [0.3, 0.4) is 0 Å². The number of hydrogen-bond donors (Lipinski definition) is 0. The Hall–Kier alpha value is -1.81. The molecule has 0 radical (unpaired) electrons. The molecule has 80 valence electrons. The first-order valence-electron chi connectivity index (χ1n) is 5.69. The second-order valence-corrected chi connectivity index (χ2v) is 3.81. The van der Waals surface area contributed by atoms with E-state index < -0.39 is 0 Å². The molecule has 0 spiro atoms. The monoisotopic (exact) mass is 209 g/mol. The van der Waals surface area contributed by atoms with Crippen LogP contribution in [0.25, 0.3) is 10.9 Å². The molecule has 0 fully saturated rings. The highest BCUT2D eigenvalue weighted by Gasteiger charge is 1.94. The fourth-order valence-corrected chi connectivity index (χ4v) is 1.61. The minimum absolute atomic E-state index is 0.838. The number of nitrogens with zero attached hydrogens (tertiary/aromatic N) is 1. The molecule has 0 saturated carbocycles. The molecule has 1 aromatic carbocycles. The van der Waals surface area contributed by atoms with E-state index in [2.05, 4.69) is 48.0 Å². The summed E-state index contributed by atoms with van der Waals surface area (Å²) in [4.78, 5) is 4.30. The van der Waals surface area contributed by atoms with Gasteiger partial charge in [0.15, 0.2) is 0 Å². The molecule has 0 unspecified atom stereocenters. The third kappa shape index (κ3) is 2.61. The Balaban J connectivity index is 2.17. The quantitative estimate of drug-likeness (QED) is 0.689. The summed E-state index contributed by atoms with van der Waals surface area (Å²) < 4.78 is 0. The normalized spacial score (nSPS) is 9.81. The molecule has 16 heavy (non-hydrogen) atoms. The lowest BCUT2D eigenvalue weighted by Gasteiger charge is -1.98. The molecule has 0 aliphatic heterocycles. The highest BCUT2D eigenvalue weighted by molar-refractivity contribution is 5.78. The highest BCUT2D eigenvalue weighted by atomic mass is 14.6. The number of rotatable bonds is 2. The van der Waals surface area contributed by atoms with Gasteiger partial charge in [0.25, 0.3) is 0 Å². The highest BCUT2D eigenvalue weighted by Crippen LogP contribution is 2.13. The molecule has 0 aliphatic rings. The van der Waals surface area contributed by atoms with Gasteiger partial charge < -0.3 is 0 Å². The maximum absolute atomic E-state index is 4.30. The van der Waals surface area contributed by atoms with Crippen LogP contribution in [0.2, 0.25) is 0 Å². The first-order valence-corrected chi connectivity index (χ1v) is 5.69. The van der Waals surface area contributed by atoms with E-state index in [9.17, 15) is 0 Å². The summed E-state index contributed by atoms with van der Waals surface area (Å²) in [6, 6.07) is 10.4. The molecule has 1 aromatic heterocycles. The van der Waals surface area contributed by atoms with E-state index in [1.165, 1.54) is 10.9 Å². The molecule has 1 nitrogen and oxygen atoms in total. The van der Waals surface area contributed by atoms with E-state index in [4.69, 9.17) is 0 Å². The van der Waals surface area contributed by atoms with Crippen LogP contribution in [0.4, 0.5) is 0 Å². The van der Waals surface area contributed by atoms with Crippen LogP contribution in [-0.4, -0.2) is 4.98 Å². The summed E-state index contributed by atoms with van der Waals surface area (Å²) in [6.07, 6.45) is 4.79. The van der Waals surface area contributed by atoms with Gasteiger partial charge in [-0.2, -0.15) is 0 Å². The van der Waals surface area contributed by atoms with Crippen molar-refractivity contribution < 1.29 is 0 Å². The van der Waals surface area contributed by atoms with Gasteiger partial charge in [0.05, 0.1) is 5.52 Å². The average Bonchev–Trinajstić information content (AvgIpc) is 2.34. The fourth-order valence-electron chi connectivity index (χ4n) is 1.61. The van der Waals surface area contributed by atoms with Crippen molar-refractivity contribution in [2.24, 2.45) is 0 Å². The van der Waals surface area contributed by atoms with Crippen LogP contribution < -0.4 is 0 Å². The number of benzene rings is 1. The Morgan fingerprint density at radius 3 is 3.00 bits per heavy atom. The standard InChI is InChI=1S/C15H15N/c1-2-3-4-5-7-13-9-10-15-14(12-13)8-6-11-16-15/h6,8-12H,2-3,7H2,1H3. The second-order valence-electron chi connectivity index (χ2n) is 3.81. The summed E-state index contributed by atoms with van der Waals surface area (Å²) >= 11 is 0. The van der Waals surface area contributed by atoms with Gasteiger partial charge in [-0.1, -0.05) is 25.0 Å². The number of hydrogen-bond acceptors (Lipinski definition) is 1. The van der Waals surface area contributed by atoms with E-state index >= 15 is 0 Å². The zero-order chi connectivity index (χ0) is 11.2. The maximum Gasteiger partial charge on any atom is 0.0702 e. The molecule has 2 rings (SSSR count). The lowest BCUT2D eigenvalue weighted by atomic mass is 10.1. The van der Waals surface area contributed by atoms with Gasteiger partial charge in [0.2, 0.25) is 0 Å². The molecule has 2 aromatic rings. The van der Waals surface area contributed by atoms with Gasteiger partial charge in [0, 0.05) is 24.4 Å². The summed E-state index contributed by atoms with van der Waals surface area (Å²) in [6.45, 7) is 2.15. The molecule has 1 heteroatoms. The first kappa shape index (κ1) is 10.7. The van der Waals surface area contributed by atoms with E-state index in [1.54, 1.807) is 0 Å². The summed E-state index contributed by atoms with van der Waals surface area (Å²) in [5, 5.41) is 1.19. The van der Waals surface area contributed by atoms with Gasteiger partial charge in [-0.15, -0.1) is 5.92 Å². The predicted molar refractivity (Wildman–Crippen MR) is 68.1 cm³/mol. The number of aromatic nitrogens is 1. The Bertz CT molecular complexity index is 532. The van der Waals surface area contributed by atoms with Crippen molar-refractivity contribution in [2.45, 2.75) is 26.2 Å². The number of fused-ring (bicyclic) bond motifs is 1. The van der Waals surface area contributed by atoms with Crippen molar-refractivity contribution in [1.29, 1.82) is 0 Å². The van der Waals surface area contributed by atoms with Gasteiger partial charge in [-0.3, -0.25) is 4.98 Å². The molecule has 0 bridgehead atoms. The van der Waals surface area contributed by atoms with Gasteiger partial charge in [-0.05, 0) is 30.2 Å². The number of pyridine rings is 1. The zero-order valence-corrected chi connectivity index (χ0v) is 9.53. The van der Waals surface area contributed by atoms with Crippen molar-refractivity contribution >= 4 is 10.9 Å². The Morgan fingerprint density at radius 2 is 2.12 bits per heavy atom. The van der Waals surface area contributed by atoms with Crippen molar-refractivity contribution in [3.05, 3.63) is 42.1 Å². The Kier molecular flexibility index (Phi) is 3.56. The van der Waals surface area contributed by atoms with Crippen LogP contribution in [0.5, 0.6) is 0 Å². The van der Waals surface area contributed by atoms with E-state index in [-0.39, 0.29) is 0 Å². The van der Waals surface area contributed by atoms with Gasteiger partial charge >= 0.3 is 0 Å². The summed E-state index contributed by atoms with van der Waals surface area (Å²) in [5.41, 5.74) is 2.32. The lowest BCUT2D eigenvalue weighted by molar-refractivity contribution is 0.981. The Labute approximate surface area is 96.5 Å². The molecule has 1 heterocycles.